The van der Waals surface area contributed by atoms with E-state index in [2.05, 4.69) is 25.2 Å². The van der Waals surface area contributed by atoms with E-state index >= 15 is 0 Å². The fraction of sp³-hybridized carbons (Fsp3) is 0.394. The summed E-state index contributed by atoms with van der Waals surface area (Å²) >= 11 is 0. The molecule has 2 amide bonds. The van der Waals surface area contributed by atoms with Gasteiger partial charge in [0.05, 0.1) is 38.4 Å². The molecule has 3 aliphatic heterocycles. The van der Waals surface area contributed by atoms with Crippen LogP contribution in [0.3, 0.4) is 0 Å². The summed E-state index contributed by atoms with van der Waals surface area (Å²) in [5.41, 5.74) is 1.03. The van der Waals surface area contributed by atoms with Gasteiger partial charge in [0.1, 0.15) is 5.75 Å². The molecule has 0 bridgehead atoms. The summed E-state index contributed by atoms with van der Waals surface area (Å²) in [5.74, 6) is 0.207. The first kappa shape index (κ1) is 30.0. The predicted octanol–water partition coefficient (Wildman–Crippen LogP) is 4.49. The molecule has 2 fully saturated rings. The number of nitrogens with zero attached hydrogens (tertiary/aromatic N) is 3. The van der Waals surface area contributed by atoms with Crippen LogP contribution >= 0.6 is 0 Å². The van der Waals surface area contributed by atoms with Gasteiger partial charge in [0, 0.05) is 48.9 Å². The maximum absolute atomic E-state index is 14.8. The lowest BCUT2D eigenvalue weighted by atomic mass is 9.82. The molecule has 1 spiro atoms. The highest BCUT2D eigenvalue weighted by molar-refractivity contribution is 6.91. The molecule has 6 rings (SSSR count). The molecule has 2 saturated heterocycles. The first-order valence-electron chi connectivity index (χ1n) is 15.0. The highest BCUT2D eigenvalue weighted by Gasteiger charge is 2.66. The molecular weight excluding hydrogens is 578 g/mol. The molecule has 230 valence electrons. The quantitative estimate of drug-likeness (QED) is 0.163. The first-order chi connectivity index (χ1) is 21.0. The lowest BCUT2D eigenvalue weighted by molar-refractivity contribution is -0.385. The van der Waals surface area contributed by atoms with Gasteiger partial charge in [-0.2, -0.15) is 0 Å². The van der Waals surface area contributed by atoms with Crippen molar-refractivity contribution in [3.63, 3.8) is 0 Å². The van der Waals surface area contributed by atoms with Crippen molar-refractivity contribution >= 4 is 42.1 Å². The molecule has 3 aromatic carbocycles. The van der Waals surface area contributed by atoms with Crippen LogP contribution < -0.4 is 19.7 Å². The van der Waals surface area contributed by atoms with Crippen LogP contribution in [0.15, 0.2) is 66.7 Å². The lowest BCUT2D eigenvalue weighted by Gasteiger charge is -2.37. The van der Waals surface area contributed by atoms with Crippen LogP contribution in [0.25, 0.3) is 0 Å². The molecule has 4 atom stereocenters. The minimum Gasteiger partial charge on any atom is -0.497 e. The molecule has 11 heteroatoms. The first-order valence-corrected chi connectivity index (χ1v) is 18.0. The molecule has 0 aromatic heterocycles. The van der Waals surface area contributed by atoms with Gasteiger partial charge >= 0.3 is 0 Å². The van der Waals surface area contributed by atoms with E-state index < -0.39 is 24.7 Å². The summed E-state index contributed by atoms with van der Waals surface area (Å²) in [6, 6.07) is 20.1. The van der Waals surface area contributed by atoms with Crippen LogP contribution in [0.1, 0.15) is 30.9 Å². The average Bonchev–Trinajstić information content (AvgIpc) is 3.43. The largest absolute Gasteiger partial charge is 0.497 e. The molecule has 0 aliphatic carbocycles. The molecule has 1 N–H and O–H groups in total. The predicted molar refractivity (Wildman–Crippen MR) is 169 cm³/mol. The Balaban J connectivity index is 1.43. The third-order valence-corrected chi connectivity index (χ3v) is 14.2. The smallest absolute Gasteiger partial charge is 0.269 e. The zero-order valence-electron chi connectivity index (χ0n) is 25.4. The molecule has 0 unspecified atom stereocenters. The standard InChI is InChI=1S/C33H37N3O7Si/c1-21-31(44(3,4)26-11-9-25(42-2)10-12-26)29(15-17-37)43-33(21)27-19-24(36(40)41)8-13-28(27)35(32(33)39)20-22-6-5-7-23(18-22)34-16-14-30(34)38/h5-13,18-19,21,29,31,37H,14-17,20H2,1-4H3/t21-,29+,31-,33+/m1/s1. The van der Waals surface area contributed by atoms with E-state index in [1.165, 1.54) is 12.1 Å². The van der Waals surface area contributed by atoms with E-state index in [0.717, 1.165) is 22.2 Å². The van der Waals surface area contributed by atoms with Crippen molar-refractivity contribution in [2.75, 3.05) is 30.1 Å². The number of hydrogen-bond donors (Lipinski definition) is 1. The maximum atomic E-state index is 14.8. The van der Waals surface area contributed by atoms with Gasteiger partial charge in [0.2, 0.25) is 5.91 Å². The number of rotatable bonds is 9. The van der Waals surface area contributed by atoms with Gasteiger partial charge in [-0.3, -0.25) is 19.7 Å². The van der Waals surface area contributed by atoms with Crippen molar-refractivity contribution in [2.24, 2.45) is 5.92 Å². The monoisotopic (exact) mass is 615 g/mol. The number of aliphatic hydroxyl groups is 1. The van der Waals surface area contributed by atoms with Gasteiger partial charge in [0.15, 0.2) is 5.60 Å². The van der Waals surface area contributed by atoms with E-state index in [4.69, 9.17) is 9.47 Å². The second kappa shape index (κ2) is 11.1. The number of aliphatic hydroxyl groups excluding tert-OH is 1. The third-order valence-electron chi connectivity index (χ3n) is 9.86. The number of non-ortho nitro benzene ring substituents is 1. The zero-order chi connectivity index (χ0) is 31.4. The Morgan fingerprint density at radius 1 is 1.11 bits per heavy atom. The fourth-order valence-electron chi connectivity index (χ4n) is 7.56. The van der Waals surface area contributed by atoms with Crippen molar-refractivity contribution < 1.29 is 29.1 Å². The van der Waals surface area contributed by atoms with Crippen molar-refractivity contribution in [1.29, 1.82) is 0 Å². The van der Waals surface area contributed by atoms with Crippen LogP contribution in [0.5, 0.6) is 5.75 Å². The number of hydrogen-bond acceptors (Lipinski definition) is 7. The normalized spacial score (nSPS) is 24.5. The number of β-lactam (4-membered cyclic amide) rings is 1. The van der Waals surface area contributed by atoms with Crippen molar-refractivity contribution in [1.82, 2.24) is 0 Å². The van der Waals surface area contributed by atoms with Crippen LogP contribution in [-0.4, -0.2) is 56.3 Å². The van der Waals surface area contributed by atoms with Crippen molar-refractivity contribution in [2.45, 2.75) is 56.7 Å². The summed E-state index contributed by atoms with van der Waals surface area (Å²) in [6.07, 6.45) is 0.424. The van der Waals surface area contributed by atoms with E-state index in [1.807, 2.05) is 43.3 Å². The Labute approximate surface area is 257 Å². The fourth-order valence-corrected chi connectivity index (χ4v) is 11.6. The second-order valence-electron chi connectivity index (χ2n) is 12.5. The highest BCUT2D eigenvalue weighted by atomic mass is 28.3. The molecule has 10 nitrogen and oxygen atoms in total. The van der Waals surface area contributed by atoms with E-state index in [1.54, 1.807) is 23.0 Å². The van der Waals surface area contributed by atoms with E-state index in [-0.39, 0.29) is 42.1 Å². The molecular formula is C33H37N3O7Si. The van der Waals surface area contributed by atoms with E-state index in [9.17, 15) is 24.8 Å². The Morgan fingerprint density at radius 3 is 2.48 bits per heavy atom. The topological polar surface area (TPSA) is 122 Å². The van der Waals surface area contributed by atoms with Gasteiger partial charge in [-0.25, -0.2) is 0 Å². The minimum absolute atomic E-state index is 0.0637. The summed E-state index contributed by atoms with van der Waals surface area (Å²) < 4.78 is 12.2. The molecule has 3 aromatic rings. The minimum atomic E-state index is -2.38. The third kappa shape index (κ3) is 4.61. The average molecular weight is 616 g/mol. The number of benzene rings is 3. The number of methoxy groups -OCH3 is 1. The number of nitro benzene ring substituents is 1. The molecule has 0 saturated carbocycles. The summed E-state index contributed by atoms with van der Waals surface area (Å²) in [4.78, 5) is 41.7. The number of amides is 2. The van der Waals surface area contributed by atoms with Crippen LogP contribution in [0.2, 0.25) is 18.6 Å². The summed E-state index contributed by atoms with van der Waals surface area (Å²) in [5, 5.41) is 23.2. The van der Waals surface area contributed by atoms with Crippen molar-refractivity contribution in [3.05, 3.63) is 88.0 Å². The number of ether oxygens (including phenoxy) is 2. The number of fused-ring (bicyclic) bond motifs is 2. The second-order valence-corrected chi connectivity index (χ2v) is 17.2. The Hall–Kier alpha value is -4.06. The Bertz CT molecular complexity index is 1630. The Morgan fingerprint density at radius 2 is 1.86 bits per heavy atom. The van der Waals surface area contributed by atoms with Crippen LogP contribution in [-0.2, 0) is 26.5 Å². The van der Waals surface area contributed by atoms with Crippen molar-refractivity contribution in [3.8, 4) is 5.75 Å². The zero-order valence-corrected chi connectivity index (χ0v) is 26.4. The highest BCUT2D eigenvalue weighted by Crippen LogP contribution is 2.60. The molecule has 44 heavy (non-hydrogen) atoms. The number of nitro groups is 1. The van der Waals surface area contributed by atoms with Gasteiger partial charge < -0.3 is 24.4 Å². The van der Waals surface area contributed by atoms with E-state index in [0.29, 0.717) is 30.6 Å². The number of carbonyl (C=O) groups is 2. The molecule has 0 radical (unpaired) electrons. The lowest BCUT2D eigenvalue weighted by Crippen LogP contribution is -2.51. The molecule has 3 aliphatic rings. The Kier molecular flexibility index (Phi) is 7.59. The van der Waals surface area contributed by atoms with Crippen LogP contribution in [0.4, 0.5) is 17.1 Å². The molecule has 3 heterocycles. The summed E-state index contributed by atoms with van der Waals surface area (Å²) in [7, 11) is -0.754. The SMILES string of the molecule is COc1ccc([Si](C)(C)[C@H]2[C@H](CCO)O[C@@]3(C(=O)N(Cc4cccc(N5CCC5=O)c4)c4ccc([N+](=O)[O-])cc43)[C@@H]2C)cc1. The van der Waals surface area contributed by atoms with Crippen LogP contribution in [0, 0.1) is 16.0 Å². The van der Waals surface area contributed by atoms with Gasteiger partial charge in [-0.05, 0) is 47.9 Å². The van der Waals surface area contributed by atoms with Gasteiger partial charge in [-0.1, -0.05) is 49.5 Å². The van der Waals surface area contributed by atoms with Gasteiger partial charge in [-0.15, -0.1) is 0 Å². The summed E-state index contributed by atoms with van der Waals surface area (Å²) in [6.45, 7) is 7.27. The number of anilines is 2. The maximum Gasteiger partial charge on any atom is 0.269 e. The van der Waals surface area contributed by atoms with Gasteiger partial charge in [0.25, 0.3) is 11.6 Å². The number of carbonyl (C=O) groups excluding carboxylic acids is 2.